The van der Waals surface area contributed by atoms with E-state index in [9.17, 15) is 4.79 Å². The zero-order valence-electron chi connectivity index (χ0n) is 8.97. The third kappa shape index (κ3) is 2.38. The van der Waals surface area contributed by atoms with E-state index < -0.39 is 0 Å². The number of methoxy groups -OCH3 is 1. The largest absolute Gasteiger partial charge is 0.380 e. The molecule has 0 N–H and O–H groups in total. The van der Waals surface area contributed by atoms with Gasteiger partial charge in [-0.1, -0.05) is 18.2 Å². The predicted octanol–water partition coefficient (Wildman–Crippen LogP) is 3.37. The molecule has 2 rings (SSSR count). The van der Waals surface area contributed by atoms with Gasteiger partial charge >= 0.3 is 0 Å². The average Bonchev–Trinajstić information content (AvgIpc) is 2.78. The number of ether oxygens (including phenoxy) is 1. The molecule has 0 aliphatic rings. The summed E-state index contributed by atoms with van der Waals surface area (Å²) >= 11 is 1.50. The number of aldehydes is 1. The van der Waals surface area contributed by atoms with Crippen LogP contribution in [0.1, 0.15) is 15.2 Å². The van der Waals surface area contributed by atoms with Gasteiger partial charge in [0.25, 0.3) is 0 Å². The molecule has 2 nitrogen and oxygen atoms in total. The SMILES string of the molecule is COCc1cccc(-c2ccc(C=O)s2)c1. The number of benzene rings is 1. The molecule has 0 saturated carbocycles. The van der Waals surface area contributed by atoms with Gasteiger partial charge in [-0.3, -0.25) is 4.79 Å². The zero-order valence-corrected chi connectivity index (χ0v) is 9.79. The van der Waals surface area contributed by atoms with E-state index in [0.717, 1.165) is 27.2 Å². The maximum atomic E-state index is 10.6. The van der Waals surface area contributed by atoms with Crippen molar-refractivity contribution in [1.29, 1.82) is 0 Å². The minimum absolute atomic E-state index is 0.611. The second kappa shape index (κ2) is 5.05. The Hall–Kier alpha value is -1.45. The van der Waals surface area contributed by atoms with E-state index in [2.05, 4.69) is 6.07 Å². The quantitative estimate of drug-likeness (QED) is 0.755. The summed E-state index contributed by atoms with van der Waals surface area (Å²) in [6.45, 7) is 0.611. The Morgan fingerprint density at radius 3 is 2.88 bits per heavy atom. The third-order valence-corrected chi connectivity index (χ3v) is 3.33. The molecule has 0 amide bonds. The topological polar surface area (TPSA) is 26.3 Å². The van der Waals surface area contributed by atoms with Crippen molar-refractivity contribution in [3.05, 3.63) is 46.8 Å². The first-order valence-corrected chi connectivity index (χ1v) is 5.78. The van der Waals surface area contributed by atoms with Crippen LogP contribution >= 0.6 is 11.3 Å². The third-order valence-electron chi connectivity index (χ3n) is 2.27. The molecule has 0 aliphatic carbocycles. The monoisotopic (exact) mass is 232 g/mol. The van der Waals surface area contributed by atoms with Crippen molar-refractivity contribution in [1.82, 2.24) is 0 Å². The number of rotatable bonds is 4. The first-order valence-electron chi connectivity index (χ1n) is 4.97. The van der Waals surface area contributed by atoms with Gasteiger partial charge < -0.3 is 4.74 Å². The van der Waals surface area contributed by atoms with Gasteiger partial charge in [0.15, 0.2) is 6.29 Å². The standard InChI is InChI=1S/C13H12O2S/c1-15-9-10-3-2-4-11(7-10)13-6-5-12(8-14)16-13/h2-8H,9H2,1H3. The molecule has 0 atom stereocenters. The highest BCUT2D eigenvalue weighted by Crippen LogP contribution is 2.27. The number of carbonyl (C=O) groups is 1. The first-order chi connectivity index (χ1) is 7.83. The fourth-order valence-corrected chi connectivity index (χ4v) is 2.37. The number of hydrogen-bond acceptors (Lipinski definition) is 3. The van der Waals surface area contributed by atoms with Crippen molar-refractivity contribution in [2.24, 2.45) is 0 Å². The van der Waals surface area contributed by atoms with Crippen LogP contribution in [-0.4, -0.2) is 13.4 Å². The molecular weight excluding hydrogens is 220 g/mol. The molecule has 1 heterocycles. The van der Waals surface area contributed by atoms with Crippen LogP contribution in [0.3, 0.4) is 0 Å². The van der Waals surface area contributed by atoms with Gasteiger partial charge in [-0.05, 0) is 29.3 Å². The van der Waals surface area contributed by atoms with E-state index in [1.807, 2.05) is 30.3 Å². The Morgan fingerprint density at radius 2 is 2.19 bits per heavy atom. The molecule has 1 aromatic carbocycles. The lowest BCUT2D eigenvalue weighted by atomic mass is 10.1. The molecule has 0 bridgehead atoms. The molecule has 2 aromatic rings. The Bertz CT molecular complexity index is 488. The Labute approximate surface area is 98.5 Å². The van der Waals surface area contributed by atoms with Gasteiger partial charge in [-0.2, -0.15) is 0 Å². The van der Waals surface area contributed by atoms with Crippen molar-refractivity contribution >= 4 is 17.6 Å². The van der Waals surface area contributed by atoms with Crippen molar-refractivity contribution in [2.75, 3.05) is 7.11 Å². The lowest BCUT2D eigenvalue weighted by Crippen LogP contribution is -1.86. The average molecular weight is 232 g/mol. The Kier molecular flexibility index (Phi) is 3.49. The zero-order chi connectivity index (χ0) is 11.4. The molecular formula is C13H12O2S. The van der Waals surface area contributed by atoms with Crippen LogP contribution < -0.4 is 0 Å². The van der Waals surface area contributed by atoms with Crippen molar-refractivity contribution in [3.8, 4) is 10.4 Å². The van der Waals surface area contributed by atoms with Crippen LogP contribution in [0.4, 0.5) is 0 Å². The predicted molar refractivity (Wildman–Crippen MR) is 65.9 cm³/mol. The van der Waals surface area contributed by atoms with Crippen molar-refractivity contribution in [3.63, 3.8) is 0 Å². The van der Waals surface area contributed by atoms with E-state index in [1.54, 1.807) is 7.11 Å². The van der Waals surface area contributed by atoms with Crippen LogP contribution in [0.5, 0.6) is 0 Å². The maximum Gasteiger partial charge on any atom is 0.160 e. The Balaban J connectivity index is 2.32. The fraction of sp³-hybridized carbons (Fsp3) is 0.154. The molecule has 0 saturated heterocycles. The summed E-state index contributed by atoms with van der Waals surface area (Å²) in [4.78, 5) is 12.5. The summed E-state index contributed by atoms with van der Waals surface area (Å²) in [5, 5.41) is 0. The van der Waals surface area contributed by atoms with E-state index >= 15 is 0 Å². The molecule has 0 radical (unpaired) electrons. The summed E-state index contributed by atoms with van der Waals surface area (Å²) < 4.78 is 5.09. The van der Waals surface area contributed by atoms with Gasteiger partial charge in [-0.25, -0.2) is 0 Å². The smallest absolute Gasteiger partial charge is 0.160 e. The highest BCUT2D eigenvalue weighted by Gasteiger charge is 2.03. The molecule has 0 unspecified atom stereocenters. The van der Waals surface area contributed by atoms with Crippen LogP contribution in [0.2, 0.25) is 0 Å². The fourth-order valence-electron chi connectivity index (χ4n) is 1.55. The summed E-state index contributed by atoms with van der Waals surface area (Å²) in [5.41, 5.74) is 2.27. The number of hydrogen-bond donors (Lipinski definition) is 0. The Morgan fingerprint density at radius 1 is 1.31 bits per heavy atom. The first kappa shape index (κ1) is 11.0. The van der Waals surface area contributed by atoms with E-state index in [0.29, 0.717) is 6.61 Å². The molecule has 0 spiro atoms. The highest BCUT2D eigenvalue weighted by molar-refractivity contribution is 7.17. The summed E-state index contributed by atoms with van der Waals surface area (Å²) in [7, 11) is 1.68. The number of thiophene rings is 1. The molecule has 0 aliphatic heterocycles. The van der Waals surface area contributed by atoms with Gasteiger partial charge in [-0.15, -0.1) is 11.3 Å². The second-order valence-corrected chi connectivity index (χ2v) is 4.57. The highest BCUT2D eigenvalue weighted by atomic mass is 32.1. The second-order valence-electron chi connectivity index (χ2n) is 3.45. The maximum absolute atomic E-state index is 10.6. The molecule has 1 aromatic heterocycles. The lowest BCUT2D eigenvalue weighted by Gasteiger charge is -2.02. The van der Waals surface area contributed by atoms with Gasteiger partial charge in [0.2, 0.25) is 0 Å². The molecule has 3 heteroatoms. The minimum Gasteiger partial charge on any atom is -0.380 e. The molecule has 16 heavy (non-hydrogen) atoms. The normalized spacial score (nSPS) is 10.3. The van der Waals surface area contributed by atoms with E-state index in [4.69, 9.17) is 4.74 Å². The summed E-state index contributed by atoms with van der Waals surface area (Å²) in [5.74, 6) is 0. The van der Waals surface area contributed by atoms with Crippen molar-refractivity contribution in [2.45, 2.75) is 6.61 Å². The van der Waals surface area contributed by atoms with Crippen LogP contribution in [0.15, 0.2) is 36.4 Å². The van der Waals surface area contributed by atoms with Crippen molar-refractivity contribution < 1.29 is 9.53 Å². The summed E-state index contributed by atoms with van der Waals surface area (Å²) in [6.07, 6.45) is 0.882. The van der Waals surface area contributed by atoms with Gasteiger partial charge in [0.05, 0.1) is 11.5 Å². The summed E-state index contributed by atoms with van der Waals surface area (Å²) in [6, 6.07) is 12.0. The van der Waals surface area contributed by atoms with Gasteiger partial charge in [0, 0.05) is 12.0 Å². The van der Waals surface area contributed by atoms with Gasteiger partial charge in [0.1, 0.15) is 0 Å². The van der Waals surface area contributed by atoms with E-state index in [1.165, 1.54) is 11.3 Å². The minimum atomic E-state index is 0.611. The molecule has 0 fully saturated rings. The lowest BCUT2D eigenvalue weighted by molar-refractivity contribution is 0.112. The van der Waals surface area contributed by atoms with Crippen LogP contribution in [0.25, 0.3) is 10.4 Å². The van der Waals surface area contributed by atoms with Crippen LogP contribution in [-0.2, 0) is 11.3 Å². The molecule has 82 valence electrons. The van der Waals surface area contributed by atoms with Crippen LogP contribution in [0, 0.1) is 0 Å². The van der Waals surface area contributed by atoms with E-state index in [-0.39, 0.29) is 0 Å². The number of carbonyl (C=O) groups excluding carboxylic acids is 1.